The third-order valence-corrected chi connectivity index (χ3v) is 2.08. The molecule has 1 saturated carbocycles. The zero-order chi connectivity index (χ0) is 7.78. The average molecular weight is 147 g/mol. The number of halogens is 1. The molecule has 0 aromatic heterocycles. The highest BCUT2D eigenvalue weighted by Gasteiger charge is 2.51. The summed E-state index contributed by atoms with van der Waals surface area (Å²) in [7, 11) is 0. The Hall–Kier alpha value is -0.640. The molecule has 0 spiro atoms. The molecular formula is C6H10FNO2. The fraction of sp³-hybridized carbons (Fsp3) is 0.833. The molecule has 0 bridgehead atoms. The smallest absolute Gasteiger partial charge is 0.321 e. The number of nitrogens with two attached hydrogens (primary N) is 1. The fourth-order valence-corrected chi connectivity index (χ4v) is 0.950. The van der Waals surface area contributed by atoms with E-state index in [1.54, 1.807) is 0 Å². The van der Waals surface area contributed by atoms with Gasteiger partial charge in [0.2, 0.25) is 0 Å². The lowest BCUT2D eigenvalue weighted by molar-refractivity contribution is -0.140. The van der Waals surface area contributed by atoms with Crippen molar-refractivity contribution in [2.45, 2.75) is 18.9 Å². The first-order valence-electron chi connectivity index (χ1n) is 3.17. The summed E-state index contributed by atoms with van der Waals surface area (Å²) in [6, 6.07) is -1.02. The molecule has 0 amide bonds. The Morgan fingerprint density at radius 1 is 1.80 bits per heavy atom. The molecule has 4 heteroatoms. The molecule has 1 unspecified atom stereocenters. The molecule has 3 N–H and O–H groups in total. The van der Waals surface area contributed by atoms with Crippen LogP contribution in [0.2, 0.25) is 0 Å². The minimum atomic E-state index is -1.10. The molecule has 1 fully saturated rings. The number of carboxylic acid groups (broad SMARTS) is 1. The van der Waals surface area contributed by atoms with Crippen LogP contribution in [0.25, 0.3) is 0 Å². The number of carbonyl (C=O) groups is 1. The van der Waals surface area contributed by atoms with Crippen LogP contribution in [-0.2, 0) is 4.79 Å². The maximum atomic E-state index is 12.1. The van der Waals surface area contributed by atoms with Crippen LogP contribution in [0.15, 0.2) is 0 Å². The van der Waals surface area contributed by atoms with Crippen molar-refractivity contribution in [1.29, 1.82) is 0 Å². The van der Waals surface area contributed by atoms with Crippen molar-refractivity contribution in [3.8, 4) is 0 Å². The minimum absolute atomic E-state index is 0.608. The predicted octanol–water partition coefficient (Wildman–Crippen LogP) is 0.148. The lowest BCUT2D eigenvalue weighted by Crippen LogP contribution is -2.40. The Bertz CT molecular complexity index is 156. The van der Waals surface area contributed by atoms with Crippen LogP contribution in [0.5, 0.6) is 0 Å². The van der Waals surface area contributed by atoms with Crippen molar-refractivity contribution in [3.63, 3.8) is 0 Å². The van der Waals surface area contributed by atoms with E-state index >= 15 is 0 Å². The second kappa shape index (κ2) is 2.20. The van der Waals surface area contributed by atoms with E-state index in [9.17, 15) is 9.18 Å². The van der Waals surface area contributed by atoms with Crippen molar-refractivity contribution in [2.75, 3.05) is 6.67 Å². The number of aliphatic carboxylic acids is 1. The maximum absolute atomic E-state index is 12.1. The number of rotatable bonds is 3. The Kier molecular flexibility index (Phi) is 1.64. The van der Waals surface area contributed by atoms with Crippen LogP contribution >= 0.6 is 0 Å². The molecule has 3 nitrogen and oxygen atoms in total. The Morgan fingerprint density at radius 3 is 2.40 bits per heavy atom. The van der Waals surface area contributed by atoms with Gasteiger partial charge in [0.15, 0.2) is 0 Å². The predicted molar refractivity (Wildman–Crippen MR) is 33.3 cm³/mol. The van der Waals surface area contributed by atoms with E-state index in [0.717, 1.165) is 0 Å². The van der Waals surface area contributed by atoms with Gasteiger partial charge in [0.05, 0.1) is 6.67 Å². The molecule has 0 saturated heterocycles. The second-order valence-electron chi connectivity index (χ2n) is 2.81. The summed E-state index contributed by atoms with van der Waals surface area (Å²) in [5.74, 6) is -1.10. The largest absolute Gasteiger partial charge is 0.480 e. The van der Waals surface area contributed by atoms with Gasteiger partial charge in [-0.25, -0.2) is 0 Å². The lowest BCUT2D eigenvalue weighted by atomic mass is 9.99. The van der Waals surface area contributed by atoms with E-state index in [1.165, 1.54) is 0 Å². The first-order chi connectivity index (χ1) is 4.62. The van der Waals surface area contributed by atoms with Gasteiger partial charge in [0.25, 0.3) is 0 Å². The van der Waals surface area contributed by atoms with Crippen LogP contribution in [-0.4, -0.2) is 23.8 Å². The molecule has 0 radical (unpaired) electrons. The SMILES string of the molecule is NC(C(=O)O)C1(CF)CC1. The van der Waals surface area contributed by atoms with Crippen LogP contribution in [0, 0.1) is 5.41 Å². The number of carboxylic acids is 1. The van der Waals surface area contributed by atoms with Crippen molar-refractivity contribution in [1.82, 2.24) is 0 Å². The van der Waals surface area contributed by atoms with Gasteiger partial charge in [-0.3, -0.25) is 9.18 Å². The molecule has 1 rings (SSSR count). The molecule has 0 aromatic rings. The van der Waals surface area contributed by atoms with Gasteiger partial charge in [-0.15, -0.1) is 0 Å². The third kappa shape index (κ3) is 0.988. The van der Waals surface area contributed by atoms with Crippen LogP contribution in [0.1, 0.15) is 12.8 Å². The summed E-state index contributed by atoms with van der Waals surface area (Å²) in [6.07, 6.45) is 1.22. The summed E-state index contributed by atoms with van der Waals surface area (Å²) >= 11 is 0. The first-order valence-corrected chi connectivity index (χ1v) is 3.17. The summed E-state index contributed by atoms with van der Waals surface area (Å²) in [4.78, 5) is 10.3. The van der Waals surface area contributed by atoms with E-state index in [0.29, 0.717) is 12.8 Å². The monoisotopic (exact) mass is 147 g/mol. The molecule has 0 heterocycles. The summed E-state index contributed by atoms with van der Waals surface area (Å²) < 4.78 is 12.1. The molecule has 1 atom stereocenters. The van der Waals surface area contributed by atoms with Gasteiger partial charge < -0.3 is 10.8 Å². The maximum Gasteiger partial charge on any atom is 0.321 e. The normalized spacial score (nSPS) is 23.8. The van der Waals surface area contributed by atoms with Crippen molar-refractivity contribution in [3.05, 3.63) is 0 Å². The topological polar surface area (TPSA) is 63.3 Å². The highest BCUT2D eigenvalue weighted by Crippen LogP contribution is 2.48. The van der Waals surface area contributed by atoms with Gasteiger partial charge in [0.1, 0.15) is 6.04 Å². The zero-order valence-electron chi connectivity index (χ0n) is 5.51. The molecule has 58 valence electrons. The van der Waals surface area contributed by atoms with E-state index in [4.69, 9.17) is 10.8 Å². The summed E-state index contributed by atoms with van der Waals surface area (Å²) in [5, 5.41) is 8.40. The molecule has 10 heavy (non-hydrogen) atoms. The molecule has 0 aromatic carbocycles. The van der Waals surface area contributed by atoms with Gasteiger partial charge in [-0.05, 0) is 12.8 Å². The molecule has 1 aliphatic rings. The van der Waals surface area contributed by atoms with Crippen molar-refractivity contribution in [2.24, 2.45) is 11.1 Å². The van der Waals surface area contributed by atoms with Crippen LogP contribution < -0.4 is 5.73 Å². The lowest BCUT2D eigenvalue weighted by Gasteiger charge is -2.14. The molecule has 0 aliphatic heterocycles. The first kappa shape index (κ1) is 7.47. The number of hydrogen-bond acceptors (Lipinski definition) is 2. The highest BCUT2D eigenvalue weighted by atomic mass is 19.1. The van der Waals surface area contributed by atoms with Crippen LogP contribution in [0.4, 0.5) is 4.39 Å². The third-order valence-electron chi connectivity index (χ3n) is 2.08. The van der Waals surface area contributed by atoms with Gasteiger partial charge in [0, 0.05) is 5.41 Å². The van der Waals surface area contributed by atoms with Gasteiger partial charge in [-0.2, -0.15) is 0 Å². The minimum Gasteiger partial charge on any atom is -0.480 e. The Balaban J connectivity index is 2.55. The quantitative estimate of drug-likeness (QED) is 0.597. The van der Waals surface area contributed by atoms with Gasteiger partial charge >= 0.3 is 5.97 Å². The highest BCUT2D eigenvalue weighted by molar-refractivity contribution is 5.75. The van der Waals surface area contributed by atoms with Crippen molar-refractivity contribution < 1.29 is 14.3 Å². The van der Waals surface area contributed by atoms with E-state index in [-0.39, 0.29) is 0 Å². The standard InChI is InChI=1S/C6H10FNO2/c7-3-6(1-2-6)4(8)5(9)10/h4H,1-3,8H2,(H,9,10). The number of alkyl halides is 1. The summed E-state index contributed by atoms with van der Waals surface area (Å²) in [5.41, 5.74) is 4.51. The van der Waals surface area contributed by atoms with E-state index in [1.807, 2.05) is 0 Å². The molecular weight excluding hydrogens is 137 g/mol. The number of hydrogen-bond donors (Lipinski definition) is 2. The zero-order valence-corrected chi connectivity index (χ0v) is 5.51. The summed E-state index contributed by atoms with van der Waals surface area (Å²) in [6.45, 7) is -0.611. The van der Waals surface area contributed by atoms with Crippen LogP contribution in [0.3, 0.4) is 0 Å². The fourth-order valence-electron chi connectivity index (χ4n) is 0.950. The van der Waals surface area contributed by atoms with E-state index in [2.05, 4.69) is 0 Å². The van der Waals surface area contributed by atoms with Crippen molar-refractivity contribution >= 4 is 5.97 Å². The Labute approximate surface area is 58.0 Å². The Morgan fingerprint density at radius 2 is 2.30 bits per heavy atom. The second-order valence-corrected chi connectivity index (χ2v) is 2.81. The molecule has 1 aliphatic carbocycles. The average Bonchev–Trinajstić information content (AvgIpc) is 2.66. The van der Waals surface area contributed by atoms with Gasteiger partial charge in [-0.1, -0.05) is 0 Å². The van der Waals surface area contributed by atoms with E-state index < -0.39 is 24.1 Å².